The third-order valence-electron chi connectivity index (χ3n) is 2.96. The van der Waals surface area contributed by atoms with Crippen LogP contribution in [-0.2, 0) is 14.9 Å². The van der Waals surface area contributed by atoms with Gasteiger partial charge >= 0.3 is 16.2 Å². The molecule has 1 aromatic rings. The van der Waals surface area contributed by atoms with Crippen molar-refractivity contribution in [2.24, 2.45) is 0 Å². The van der Waals surface area contributed by atoms with Crippen LogP contribution < -0.4 is 4.72 Å². The van der Waals surface area contributed by atoms with E-state index in [0.717, 1.165) is 12.1 Å². The highest BCUT2D eigenvalue weighted by atomic mass is 32.2. The Labute approximate surface area is 115 Å². The van der Waals surface area contributed by atoms with Gasteiger partial charge in [-0.05, 0) is 12.1 Å². The fourth-order valence-corrected chi connectivity index (χ4v) is 3.01. The van der Waals surface area contributed by atoms with Gasteiger partial charge in [-0.25, -0.2) is 4.79 Å². The Hall–Kier alpha value is -1.84. The van der Waals surface area contributed by atoms with Crippen molar-refractivity contribution in [2.75, 3.05) is 24.9 Å². The molecule has 110 valence electrons. The Bertz CT molecular complexity index is 624. The van der Waals surface area contributed by atoms with E-state index in [1.165, 1.54) is 17.5 Å². The van der Waals surface area contributed by atoms with Crippen LogP contribution in [0.4, 0.5) is 5.69 Å². The van der Waals surface area contributed by atoms with Crippen molar-refractivity contribution in [3.63, 3.8) is 0 Å². The summed E-state index contributed by atoms with van der Waals surface area (Å²) in [6, 6.07) is 3.45. The van der Waals surface area contributed by atoms with Crippen LogP contribution in [0.5, 0.6) is 5.75 Å². The molecule has 1 heterocycles. The summed E-state index contributed by atoms with van der Waals surface area (Å²) in [4.78, 5) is 10.7. The van der Waals surface area contributed by atoms with Gasteiger partial charge in [-0.1, -0.05) is 0 Å². The molecule has 1 aliphatic heterocycles. The topological polar surface area (TPSA) is 116 Å². The Morgan fingerprint density at radius 1 is 1.45 bits per heavy atom. The predicted molar refractivity (Wildman–Crippen MR) is 70.0 cm³/mol. The van der Waals surface area contributed by atoms with Gasteiger partial charge in [-0.15, -0.1) is 0 Å². The molecule has 1 fully saturated rings. The van der Waals surface area contributed by atoms with Crippen molar-refractivity contribution >= 4 is 21.9 Å². The lowest BCUT2D eigenvalue weighted by molar-refractivity contribution is 0.0128. The van der Waals surface area contributed by atoms with Crippen molar-refractivity contribution in [1.82, 2.24) is 4.31 Å². The molecule has 2 rings (SSSR count). The monoisotopic (exact) mass is 302 g/mol. The molecule has 8 nitrogen and oxygen atoms in total. The van der Waals surface area contributed by atoms with Crippen molar-refractivity contribution in [1.29, 1.82) is 0 Å². The largest absolute Gasteiger partial charge is 0.507 e. The quantitative estimate of drug-likeness (QED) is 0.709. The summed E-state index contributed by atoms with van der Waals surface area (Å²) in [5.41, 5.74) is -0.204. The number of carboxylic acid groups (broad SMARTS) is 1. The number of hydrogen-bond donors (Lipinski definition) is 3. The zero-order valence-electron chi connectivity index (χ0n) is 10.6. The molecule has 3 N–H and O–H groups in total. The Morgan fingerprint density at radius 2 is 2.10 bits per heavy atom. The third kappa shape index (κ3) is 2.84. The number of nitrogens with zero attached hydrogens (tertiary/aromatic N) is 1. The number of phenols is 1. The molecule has 0 amide bonds. The van der Waals surface area contributed by atoms with Gasteiger partial charge in [0.25, 0.3) is 0 Å². The van der Waals surface area contributed by atoms with Crippen LogP contribution in [0.2, 0.25) is 0 Å². The summed E-state index contributed by atoms with van der Waals surface area (Å²) in [6.07, 6.45) is -0.116. The highest BCUT2D eigenvalue weighted by molar-refractivity contribution is 7.90. The molecule has 0 bridgehead atoms. The van der Waals surface area contributed by atoms with E-state index in [0.29, 0.717) is 0 Å². The molecule has 9 heteroatoms. The minimum Gasteiger partial charge on any atom is -0.507 e. The van der Waals surface area contributed by atoms with Gasteiger partial charge in [0.2, 0.25) is 0 Å². The van der Waals surface area contributed by atoms with E-state index in [2.05, 4.69) is 4.72 Å². The number of benzene rings is 1. The number of anilines is 1. The minimum atomic E-state index is -3.72. The summed E-state index contributed by atoms with van der Waals surface area (Å²) in [5.74, 6) is -1.79. The molecule has 20 heavy (non-hydrogen) atoms. The van der Waals surface area contributed by atoms with Crippen LogP contribution in [0.25, 0.3) is 0 Å². The second-order valence-corrected chi connectivity index (χ2v) is 5.99. The van der Waals surface area contributed by atoms with Gasteiger partial charge in [0.05, 0.1) is 11.8 Å². The Morgan fingerprint density at radius 3 is 2.60 bits per heavy atom. The highest BCUT2D eigenvalue weighted by Gasteiger charge is 2.35. The zero-order chi connectivity index (χ0) is 14.9. The lowest BCUT2D eigenvalue weighted by atomic mass is 10.2. The van der Waals surface area contributed by atoms with Crippen LogP contribution in [0.15, 0.2) is 18.2 Å². The standard InChI is InChI=1S/C11H14N2O6S/c1-19-8-5-13(6-8)20(17,18)12-7-2-3-9(11(15)16)10(14)4-7/h2-4,8,12,14H,5-6H2,1H3,(H,15,16). The van der Waals surface area contributed by atoms with Crippen molar-refractivity contribution in [3.05, 3.63) is 23.8 Å². The fourth-order valence-electron chi connectivity index (χ4n) is 1.74. The fraction of sp³-hybridized carbons (Fsp3) is 0.364. The van der Waals surface area contributed by atoms with Crippen LogP contribution in [0.1, 0.15) is 10.4 Å². The first-order chi connectivity index (χ1) is 9.33. The zero-order valence-corrected chi connectivity index (χ0v) is 11.4. The van der Waals surface area contributed by atoms with Crippen LogP contribution in [0, 0.1) is 0 Å². The first-order valence-electron chi connectivity index (χ1n) is 5.70. The van der Waals surface area contributed by atoms with Gasteiger partial charge in [0, 0.05) is 26.3 Å². The van der Waals surface area contributed by atoms with E-state index < -0.39 is 21.9 Å². The number of carboxylic acids is 1. The average Bonchev–Trinajstić information content (AvgIpc) is 2.25. The lowest BCUT2D eigenvalue weighted by Crippen LogP contribution is -2.55. The number of ether oxygens (including phenoxy) is 1. The van der Waals surface area contributed by atoms with Crippen molar-refractivity contribution in [3.8, 4) is 5.75 Å². The maximum Gasteiger partial charge on any atom is 0.339 e. The Kier molecular flexibility index (Phi) is 3.84. The maximum absolute atomic E-state index is 11.9. The Balaban J connectivity index is 2.10. The molecule has 0 spiro atoms. The molecule has 0 unspecified atom stereocenters. The number of aromatic carboxylic acids is 1. The van der Waals surface area contributed by atoms with Gasteiger partial charge in [0.1, 0.15) is 11.3 Å². The van der Waals surface area contributed by atoms with Gasteiger partial charge in [-0.2, -0.15) is 12.7 Å². The van der Waals surface area contributed by atoms with E-state index in [1.807, 2.05) is 0 Å². The molecule has 1 aromatic carbocycles. The van der Waals surface area contributed by atoms with E-state index in [9.17, 15) is 18.3 Å². The smallest absolute Gasteiger partial charge is 0.339 e. The molecule has 0 aromatic heterocycles. The number of hydrogen-bond acceptors (Lipinski definition) is 5. The van der Waals surface area contributed by atoms with Gasteiger partial charge in [0.15, 0.2) is 0 Å². The SMILES string of the molecule is COC1CN(S(=O)(=O)Nc2ccc(C(=O)O)c(O)c2)C1. The summed E-state index contributed by atoms with van der Waals surface area (Å²) < 4.78 is 32.3. The van der Waals surface area contributed by atoms with Gasteiger partial charge < -0.3 is 14.9 Å². The van der Waals surface area contributed by atoms with Crippen molar-refractivity contribution in [2.45, 2.75) is 6.10 Å². The first kappa shape index (κ1) is 14.6. The molecule has 1 saturated heterocycles. The molecule has 0 aliphatic carbocycles. The average molecular weight is 302 g/mol. The minimum absolute atomic E-state index is 0.0911. The number of rotatable bonds is 5. The summed E-state index contributed by atoms with van der Waals surface area (Å²) in [7, 11) is -2.22. The van der Waals surface area contributed by atoms with Crippen LogP contribution >= 0.6 is 0 Å². The summed E-state index contributed by atoms with van der Waals surface area (Å²) >= 11 is 0. The number of nitrogens with one attached hydrogen (secondary N) is 1. The number of methoxy groups -OCH3 is 1. The molecule has 0 radical (unpaired) electrons. The van der Waals surface area contributed by atoms with E-state index >= 15 is 0 Å². The first-order valence-corrected chi connectivity index (χ1v) is 7.14. The summed E-state index contributed by atoms with van der Waals surface area (Å²) in [5, 5.41) is 18.3. The second-order valence-electron chi connectivity index (χ2n) is 4.32. The number of aromatic hydroxyl groups is 1. The van der Waals surface area contributed by atoms with E-state index in [4.69, 9.17) is 9.84 Å². The third-order valence-corrected chi connectivity index (χ3v) is 4.43. The molecule has 0 atom stereocenters. The molecule has 0 saturated carbocycles. The van der Waals surface area contributed by atoms with Gasteiger partial charge in [-0.3, -0.25) is 4.72 Å². The lowest BCUT2D eigenvalue weighted by Gasteiger charge is -2.36. The number of carbonyl (C=O) groups is 1. The molecular weight excluding hydrogens is 288 g/mol. The maximum atomic E-state index is 11.9. The van der Waals surface area contributed by atoms with Crippen LogP contribution in [0.3, 0.4) is 0 Å². The second kappa shape index (κ2) is 5.27. The predicted octanol–water partition coefficient (Wildman–Crippen LogP) is 0.0777. The van der Waals surface area contributed by atoms with E-state index in [1.54, 1.807) is 0 Å². The highest BCUT2D eigenvalue weighted by Crippen LogP contribution is 2.24. The van der Waals surface area contributed by atoms with Crippen LogP contribution in [-0.4, -0.2) is 55.2 Å². The molecular formula is C11H14N2O6S. The normalized spacial score (nSPS) is 16.6. The molecule has 1 aliphatic rings. The van der Waals surface area contributed by atoms with E-state index in [-0.39, 0.29) is 30.4 Å². The summed E-state index contributed by atoms with van der Waals surface area (Å²) in [6.45, 7) is 0.510. The van der Waals surface area contributed by atoms with Crippen molar-refractivity contribution < 1.29 is 28.2 Å².